The summed E-state index contributed by atoms with van der Waals surface area (Å²) >= 11 is 9.56. The largest absolute Gasteiger partial charge is 0.310 e. The van der Waals surface area contributed by atoms with E-state index in [1.807, 2.05) is 18.2 Å². The van der Waals surface area contributed by atoms with Crippen LogP contribution in [0.15, 0.2) is 22.7 Å². The zero-order valence-corrected chi connectivity index (χ0v) is 13.2. The smallest absolute Gasteiger partial charge is 0.0464 e. The monoisotopic (exact) mass is 337 g/mol. The van der Waals surface area contributed by atoms with Gasteiger partial charge in [0, 0.05) is 38.3 Å². The molecule has 1 N–H and O–H groups in total. The summed E-state index contributed by atoms with van der Waals surface area (Å²) in [6.07, 6.45) is 2.65. The van der Waals surface area contributed by atoms with Crippen molar-refractivity contribution in [3.8, 4) is 0 Å². The zero-order valence-electron chi connectivity index (χ0n) is 10.0. The molecule has 0 bridgehead atoms. The Hall–Kier alpha value is 0.1000. The van der Waals surface area contributed by atoms with Crippen LogP contribution in [0.2, 0.25) is 5.02 Å². The van der Waals surface area contributed by atoms with E-state index in [-0.39, 0.29) is 6.04 Å². The summed E-state index contributed by atoms with van der Waals surface area (Å²) in [5.41, 5.74) is 1.09. The first-order valence-corrected chi connectivity index (χ1v) is 8.39. The molecule has 2 nitrogen and oxygen atoms in total. The van der Waals surface area contributed by atoms with Gasteiger partial charge in [-0.1, -0.05) is 33.6 Å². The average molecular weight is 339 g/mol. The van der Waals surface area contributed by atoms with Crippen LogP contribution in [0, 0.1) is 0 Å². The third-order valence-corrected chi connectivity index (χ3v) is 4.17. The highest BCUT2D eigenvalue weighted by Gasteiger charge is 2.08. The predicted molar refractivity (Wildman–Crippen MR) is 79.1 cm³/mol. The van der Waals surface area contributed by atoms with Gasteiger partial charge in [-0.3, -0.25) is 4.21 Å². The molecule has 96 valence electrons. The Morgan fingerprint density at radius 2 is 2.24 bits per heavy atom. The van der Waals surface area contributed by atoms with E-state index in [0.717, 1.165) is 33.8 Å². The van der Waals surface area contributed by atoms with Crippen molar-refractivity contribution in [3.05, 3.63) is 33.3 Å². The third kappa shape index (κ3) is 5.51. The first-order chi connectivity index (χ1) is 8.00. The van der Waals surface area contributed by atoms with Crippen LogP contribution in [0.5, 0.6) is 0 Å². The van der Waals surface area contributed by atoms with E-state index in [1.54, 1.807) is 6.26 Å². The van der Waals surface area contributed by atoms with E-state index >= 15 is 0 Å². The van der Waals surface area contributed by atoms with Gasteiger partial charge in [-0.05, 0) is 37.6 Å². The molecule has 0 aliphatic rings. The van der Waals surface area contributed by atoms with E-state index in [4.69, 9.17) is 11.6 Å². The summed E-state index contributed by atoms with van der Waals surface area (Å²) in [5.74, 6) is 0.744. The molecule has 1 aromatic rings. The SMILES string of the molecule is CC(NCCCS(C)=O)c1ccc(Br)cc1Cl. The van der Waals surface area contributed by atoms with E-state index in [9.17, 15) is 4.21 Å². The number of nitrogens with one attached hydrogen (secondary N) is 1. The molecule has 0 aliphatic heterocycles. The Labute approximate surface area is 119 Å². The highest BCUT2D eigenvalue weighted by molar-refractivity contribution is 9.10. The van der Waals surface area contributed by atoms with Gasteiger partial charge in [0.1, 0.15) is 0 Å². The second-order valence-electron chi connectivity index (χ2n) is 3.97. The fourth-order valence-electron chi connectivity index (χ4n) is 1.56. The summed E-state index contributed by atoms with van der Waals surface area (Å²) < 4.78 is 11.9. The Kier molecular flexibility index (Phi) is 6.70. The second-order valence-corrected chi connectivity index (χ2v) is 6.85. The highest BCUT2D eigenvalue weighted by Crippen LogP contribution is 2.26. The topological polar surface area (TPSA) is 29.1 Å². The normalized spacial score (nSPS) is 14.6. The van der Waals surface area contributed by atoms with Gasteiger partial charge < -0.3 is 5.32 Å². The van der Waals surface area contributed by atoms with Crippen LogP contribution < -0.4 is 5.32 Å². The first kappa shape index (κ1) is 15.2. The van der Waals surface area contributed by atoms with Crippen molar-refractivity contribution in [2.75, 3.05) is 18.6 Å². The zero-order chi connectivity index (χ0) is 12.8. The van der Waals surface area contributed by atoms with Crippen molar-refractivity contribution < 1.29 is 4.21 Å². The maximum absolute atomic E-state index is 10.9. The Morgan fingerprint density at radius 3 is 2.82 bits per heavy atom. The number of rotatable bonds is 6. The maximum Gasteiger partial charge on any atom is 0.0464 e. The minimum absolute atomic E-state index is 0.209. The van der Waals surface area contributed by atoms with Crippen LogP contribution in [-0.4, -0.2) is 22.8 Å². The molecule has 0 heterocycles. The van der Waals surface area contributed by atoms with Gasteiger partial charge in [0.2, 0.25) is 0 Å². The summed E-state index contributed by atoms with van der Waals surface area (Å²) in [6, 6.07) is 6.11. The van der Waals surface area contributed by atoms with Gasteiger partial charge in [0.05, 0.1) is 0 Å². The van der Waals surface area contributed by atoms with Crippen LogP contribution in [0.4, 0.5) is 0 Å². The van der Waals surface area contributed by atoms with Crippen LogP contribution in [0.1, 0.15) is 24.9 Å². The molecule has 0 saturated heterocycles. The number of benzene rings is 1. The standard InChI is InChI=1S/C12H17BrClNOS/c1-9(15-6-3-7-17(2)16)11-5-4-10(13)8-12(11)14/h4-5,8-9,15H,3,6-7H2,1-2H3. The Balaban J connectivity index is 2.46. The van der Waals surface area contributed by atoms with Crippen LogP contribution in [0.3, 0.4) is 0 Å². The fourth-order valence-corrected chi connectivity index (χ4v) is 2.94. The molecule has 1 rings (SSSR count). The van der Waals surface area contributed by atoms with E-state index in [2.05, 4.69) is 28.2 Å². The lowest BCUT2D eigenvalue weighted by molar-refractivity contribution is 0.570. The number of halogens is 2. The molecule has 1 aromatic carbocycles. The molecular formula is C12H17BrClNOS. The van der Waals surface area contributed by atoms with Crippen LogP contribution >= 0.6 is 27.5 Å². The van der Waals surface area contributed by atoms with Crippen molar-refractivity contribution >= 4 is 38.3 Å². The molecule has 0 aromatic heterocycles. The van der Waals surface area contributed by atoms with Crippen molar-refractivity contribution in [1.82, 2.24) is 5.32 Å². The molecular weight excluding hydrogens is 322 g/mol. The molecule has 0 radical (unpaired) electrons. The van der Waals surface area contributed by atoms with Gasteiger partial charge in [-0.2, -0.15) is 0 Å². The molecule has 2 unspecified atom stereocenters. The van der Waals surface area contributed by atoms with Crippen LogP contribution in [0.25, 0.3) is 0 Å². The van der Waals surface area contributed by atoms with E-state index in [1.165, 1.54) is 0 Å². The highest BCUT2D eigenvalue weighted by atomic mass is 79.9. The molecule has 2 atom stereocenters. The van der Waals surface area contributed by atoms with Crippen LogP contribution in [-0.2, 0) is 10.8 Å². The summed E-state index contributed by atoms with van der Waals surface area (Å²) in [5, 5.41) is 4.14. The Bertz CT molecular complexity index is 400. The average Bonchev–Trinajstić information content (AvgIpc) is 2.23. The van der Waals surface area contributed by atoms with Gasteiger partial charge in [0.25, 0.3) is 0 Å². The second kappa shape index (κ2) is 7.52. The number of hydrogen-bond acceptors (Lipinski definition) is 2. The summed E-state index contributed by atoms with van der Waals surface area (Å²) in [7, 11) is -0.705. The molecule has 0 aliphatic carbocycles. The van der Waals surface area contributed by atoms with Gasteiger partial charge in [-0.15, -0.1) is 0 Å². The summed E-state index contributed by atoms with van der Waals surface area (Å²) in [4.78, 5) is 0. The summed E-state index contributed by atoms with van der Waals surface area (Å²) in [6.45, 7) is 2.94. The predicted octanol–water partition coefficient (Wildman–Crippen LogP) is 3.52. The van der Waals surface area contributed by atoms with Crippen molar-refractivity contribution in [2.24, 2.45) is 0 Å². The lowest BCUT2D eigenvalue weighted by Crippen LogP contribution is -2.21. The van der Waals surface area contributed by atoms with E-state index in [0.29, 0.717) is 0 Å². The first-order valence-electron chi connectivity index (χ1n) is 5.49. The minimum atomic E-state index is -0.705. The minimum Gasteiger partial charge on any atom is -0.310 e. The maximum atomic E-state index is 10.9. The molecule has 17 heavy (non-hydrogen) atoms. The molecule has 0 amide bonds. The van der Waals surface area contributed by atoms with Gasteiger partial charge >= 0.3 is 0 Å². The number of hydrogen-bond donors (Lipinski definition) is 1. The molecule has 5 heteroatoms. The van der Waals surface area contributed by atoms with Crippen molar-refractivity contribution in [2.45, 2.75) is 19.4 Å². The fraction of sp³-hybridized carbons (Fsp3) is 0.500. The van der Waals surface area contributed by atoms with E-state index < -0.39 is 10.8 Å². The quantitative estimate of drug-likeness (QED) is 0.804. The van der Waals surface area contributed by atoms with Gasteiger partial charge in [-0.25, -0.2) is 0 Å². The lowest BCUT2D eigenvalue weighted by atomic mass is 10.1. The third-order valence-electron chi connectivity index (χ3n) is 2.49. The molecule has 0 fully saturated rings. The Morgan fingerprint density at radius 1 is 1.53 bits per heavy atom. The molecule has 0 spiro atoms. The lowest BCUT2D eigenvalue weighted by Gasteiger charge is -2.15. The van der Waals surface area contributed by atoms with Crippen molar-refractivity contribution in [3.63, 3.8) is 0 Å². The van der Waals surface area contributed by atoms with Gasteiger partial charge in [0.15, 0.2) is 0 Å². The molecule has 0 saturated carbocycles. The van der Waals surface area contributed by atoms with Crippen molar-refractivity contribution in [1.29, 1.82) is 0 Å².